The predicted octanol–water partition coefficient (Wildman–Crippen LogP) is 3.82. The average Bonchev–Trinajstić information content (AvgIpc) is 2.23. The van der Waals surface area contributed by atoms with Gasteiger partial charge in [0.25, 0.3) is 0 Å². The molecule has 0 bridgehead atoms. The number of hydrogen-bond acceptors (Lipinski definition) is 1. The summed E-state index contributed by atoms with van der Waals surface area (Å²) in [5, 5.41) is 0. The van der Waals surface area contributed by atoms with Crippen molar-refractivity contribution in [1.82, 2.24) is 3.93 Å². The summed E-state index contributed by atoms with van der Waals surface area (Å²) in [6.07, 6.45) is 6.03. The first kappa shape index (κ1) is 9.78. The topological polar surface area (TPSA) is 3.24 Å². The van der Waals surface area contributed by atoms with Crippen LogP contribution in [0.4, 0.5) is 0 Å². The maximum Gasteiger partial charge on any atom is 0.0493 e. The molecule has 1 aromatic rings. The Bertz CT molecular complexity index is 318. The number of piperidine rings is 1. The van der Waals surface area contributed by atoms with Crippen molar-refractivity contribution in [1.29, 1.82) is 0 Å². The number of hydrogen-bond donors (Lipinski definition) is 0. The zero-order valence-electron chi connectivity index (χ0n) is 8.12. The van der Waals surface area contributed by atoms with Crippen molar-refractivity contribution in [3.8, 4) is 0 Å². The molecule has 1 aromatic carbocycles. The normalized spacial score (nSPS) is 20.1. The fourth-order valence-corrected chi connectivity index (χ4v) is 2.24. The second-order valence-electron chi connectivity index (χ2n) is 3.59. The van der Waals surface area contributed by atoms with Crippen LogP contribution < -0.4 is 0 Å². The highest BCUT2D eigenvalue weighted by Crippen LogP contribution is 2.25. The molecule has 2 rings (SSSR count). The van der Waals surface area contributed by atoms with Gasteiger partial charge in [-0.15, -0.1) is 0 Å². The molecule has 2 heteroatoms. The minimum Gasteiger partial charge on any atom is -0.313 e. The Morgan fingerprint density at radius 1 is 1.14 bits per heavy atom. The number of benzene rings is 1. The van der Waals surface area contributed by atoms with Gasteiger partial charge in [-0.05, 0) is 30.9 Å². The summed E-state index contributed by atoms with van der Waals surface area (Å²) in [5.74, 6) is 0. The second kappa shape index (κ2) is 4.65. The molecule has 1 fully saturated rings. The molecule has 0 N–H and O–H groups in total. The Morgan fingerprint density at radius 3 is 2.64 bits per heavy atom. The highest BCUT2D eigenvalue weighted by Gasteiger charge is 2.11. The summed E-state index contributed by atoms with van der Waals surface area (Å²) < 4.78 is 2.18. The van der Waals surface area contributed by atoms with Crippen molar-refractivity contribution in [3.05, 3.63) is 41.6 Å². The maximum atomic E-state index is 3.58. The molecule has 0 saturated carbocycles. The third-order valence-corrected chi connectivity index (χ3v) is 3.29. The van der Waals surface area contributed by atoms with Gasteiger partial charge in [0.05, 0.1) is 0 Å². The zero-order chi connectivity index (χ0) is 9.80. The van der Waals surface area contributed by atoms with Crippen LogP contribution >= 0.6 is 16.1 Å². The lowest BCUT2D eigenvalue weighted by Crippen LogP contribution is -2.17. The molecule has 1 nitrogen and oxygen atoms in total. The maximum absolute atomic E-state index is 3.58. The van der Waals surface area contributed by atoms with E-state index >= 15 is 0 Å². The van der Waals surface area contributed by atoms with E-state index in [0.29, 0.717) is 0 Å². The van der Waals surface area contributed by atoms with E-state index in [1.54, 1.807) is 0 Å². The molecule has 1 aliphatic heterocycles. The highest BCUT2D eigenvalue weighted by molar-refractivity contribution is 9.07. The minimum atomic E-state index is 1.12. The van der Waals surface area contributed by atoms with Crippen LogP contribution in [0.25, 0.3) is 6.08 Å². The standard InChI is InChI=1S/C12H14BrN/c13-14-9-5-4-8-12(14)10-11-6-2-1-3-7-11/h1-3,6-7,10H,4-5,8-9H2. The minimum absolute atomic E-state index is 1.12. The summed E-state index contributed by atoms with van der Waals surface area (Å²) in [7, 11) is 0. The lowest BCUT2D eigenvalue weighted by Gasteiger charge is -2.25. The van der Waals surface area contributed by atoms with Gasteiger partial charge in [0.15, 0.2) is 0 Å². The van der Waals surface area contributed by atoms with Crippen LogP contribution in [-0.4, -0.2) is 10.5 Å². The summed E-state index contributed by atoms with van der Waals surface area (Å²) >= 11 is 3.58. The van der Waals surface area contributed by atoms with Crippen LogP contribution in [0.1, 0.15) is 24.8 Å². The van der Waals surface area contributed by atoms with Crippen LogP contribution in [0.2, 0.25) is 0 Å². The number of rotatable bonds is 1. The van der Waals surface area contributed by atoms with Crippen molar-refractivity contribution in [2.75, 3.05) is 6.54 Å². The van der Waals surface area contributed by atoms with E-state index in [1.807, 2.05) is 0 Å². The smallest absolute Gasteiger partial charge is 0.0493 e. The van der Waals surface area contributed by atoms with Gasteiger partial charge in [0.2, 0.25) is 0 Å². The van der Waals surface area contributed by atoms with E-state index in [1.165, 1.54) is 30.5 Å². The monoisotopic (exact) mass is 251 g/mol. The van der Waals surface area contributed by atoms with Crippen molar-refractivity contribution >= 4 is 22.2 Å². The number of allylic oxidation sites excluding steroid dienone is 1. The Morgan fingerprint density at radius 2 is 1.93 bits per heavy atom. The van der Waals surface area contributed by atoms with Gasteiger partial charge in [-0.2, -0.15) is 0 Å². The summed E-state index contributed by atoms with van der Waals surface area (Å²) in [4.78, 5) is 0. The third-order valence-electron chi connectivity index (χ3n) is 2.48. The van der Waals surface area contributed by atoms with Crippen molar-refractivity contribution in [3.63, 3.8) is 0 Å². The second-order valence-corrected chi connectivity index (χ2v) is 4.45. The summed E-state index contributed by atoms with van der Waals surface area (Å²) in [5.41, 5.74) is 2.68. The Hall–Kier alpha value is -0.760. The molecule has 74 valence electrons. The largest absolute Gasteiger partial charge is 0.313 e. The van der Waals surface area contributed by atoms with Gasteiger partial charge >= 0.3 is 0 Å². The van der Waals surface area contributed by atoms with E-state index in [0.717, 1.165) is 6.54 Å². The molecule has 0 aliphatic carbocycles. The number of nitrogens with zero attached hydrogens (tertiary/aromatic N) is 1. The van der Waals surface area contributed by atoms with Crippen LogP contribution in [0, 0.1) is 0 Å². The molecule has 0 aromatic heterocycles. The van der Waals surface area contributed by atoms with Gasteiger partial charge in [0.1, 0.15) is 0 Å². The molecule has 0 amide bonds. The van der Waals surface area contributed by atoms with E-state index in [4.69, 9.17) is 0 Å². The van der Waals surface area contributed by atoms with Crippen LogP contribution in [-0.2, 0) is 0 Å². The van der Waals surface area contributed by atoms with E-state index in [2.05, 4.69) is 56.5 Å². The van der Waals surface area contributed by atoms with Gasteiger partial charge in [0, 0.05) is 28.4 Å². The van der Waals surface area contributed by atoms with Crippen molar-refractivity contribution in [2.24, 2.45) is 0 Å². The predicted molar refractivity (Wildman–Crippen MR) is 63.9 cm³/mol. The van der Waals surface area contributed by atoms with E-state index in [9.17, 15) is 0 Å². The molecule has 0 unspecified atom stereocenters. The third kappa shape index (κ3) is 2.38. The van der Waals surface area contributed by atoms with Gasteiger partial charge in [-0.3, -0.25) is 0 Å². The summed E-state index contributed by atoms with van der Waals surface area (Å²) in [6.45, 7) is 1.12. The Labute approximate surface area is 93.8 Å². The zero-order valence-corrected chi connectivity index (χ0v) is 9.70. The van der Waals surface area contributed by atoms with E-state index in [-0.39, 0.29) is 0 Å². The molecule has 1 saturated heterocycles. The van der Waals surface area contributed by atoms with Crippen LogP contribution in [0.3, 0.4) is 0 Å². The Kier molecular flexibility index (Phi) is 3.25. The summed E-state index contributed by atoms with van der Waals surface area (Å²) in [6, 6.07) is 10.5. The van der Waals surface area contributed by atoms with E-state index < -0.39 is 0 Å². The van der Waals surface area contributed by atoms with Crippen molar-refractivity contribution in [2.45, 2.75) is 19.3 Å². The molecular formula is C12H14BrN. The van der Waals surface area contributed by atoms with Crippen molar-refractivity contribution < 1.29 is 0 Å². The fourth-order valence-electron chi connectivity index (χ4n) is 1.71. The van der Waals surface area contributed by atoms with Gasteiger partial charge < -0.3 is 3.93 Å². The molecular weight excluding hydrogens is 238 g/mol. The van der Waals surface area contributed by atoms with Gasteiger partial charge in [-0.1, -0.05) is 30.3 Å². The first-order chi connectivity index (χ1) is 6.86. The number of halogens is 1. The SMILES string of the molecule is BrN1CCCCC1=Cc1ccccc1. The first-order valence-electron chi connectivity index (χ1n) is 5.05. The lowest BCUT2D eigenvalue weighted by molar-refractivity contribution is 0.469. The van der Waals surface area contributed by atoms with Gasteiger partial charge in [-0.25, -0.2) is 0 Å². The first-order valence-corrected chi connectivity index (χ1v) is 5.76. The Balaban J connectivity index is 2.17. The van der Waals surface area contributed by atoms with Crippen LogP contribution in [0.5, 0.6) is 0 Å². The fraction of sp³-hybridized carbons (Fsp3) is 0.333. The average molecular weight is 252 g/mol. The lowest BCUT2D eigenvalue weighted by atomic mass is 10.1. The quantitative estimate of drug-likeness (QED) is 0.687. The molecule has 0 spiro atoms. The highest BCUT2D eigenvalue weighted by atomic mass is 79.9. The molecule has 0 radical (unpaired) electrons. The molecule has 0 atom stereocenters. The van der Waals surface area contributed by atoms with Crippen LogP contribution in [0.15, 0.2) is 36.0 Å². The molecule has 1 heterocycles. The molecule has 1 aliphatic rings. The molecule has 14 heavy (non-hydrogen) atoms.